The lowest BCUT2D eigenvalue weighted by atomic mass is 9.83. The van der Waals surface area contributed by atoms with Crippen molar-refractivity contribution in [2.45, 2.75) is 44.8 Å². The highest BCUT2D eigenvalue weighted by Gasteiger charge is 2.33. The fraction of sp³-hybridized carbons (Fsp3) is 0.733. The van der Waals surface area contributed by atoms with Crippen LogP contribution < -0.4 is 0 Å². The molecule has 1 unspecified atom stereocenters. The van der Waals surface area contributed by atoms with Crippen LogP contribution in [0.15, 0.2) is 6.20 Å². The van der Waals surface area contributed by atoms with Gasteiger partial charge in [-0.3, -0.25) is 9.48 Å². The maximum absolute atomic E-state index is 12.8. The van der Waals surface area contributed by atoms with Gasteiger partial charge in [-0.25, -0.2) is 0 Å². The van der Waals surface area contributed by atoms with Crippen LogP contribution in [0.1, 0.15) is 42.6 Å². The van der Waals surface area contributed by atoms with Gasteiger partial charge in [-0.05, 0) is 18.8 Å². The molecule has 2 rings (SSSR count). The highest BCUT2D eigenvalue weighted by molar-refractivity contribution is 6.33. The lowest BCUT2D eigenvalue weighted by Gasteiger charge is -2.28. The largest absolute Gasteiger partial charge is 0.383 e. The van der Waals surface area contributed by atoms with Crippen LogP contribution in [0.2, 0.25) is 5.02 Å². The van der Waals surface area contributed by atoms with E-state index in [-0.39, 0.29) is 11.7 Å². The Labute approximate surface area is 130 Å². The number of Topliss-reactive ketones (excluding diaryl/α,β-unsaturated/α-hetero) is 1. The highest BCUT2D eigenvalue weighted by Crippen LogP contribution is 2.30. The second-order valence-corrected chi connectivity index (χ2v) is 5.88. The number of nitrogens with zero attached hydrogens (tertiary/aromatic N) is 2. The molecule has 0 spiro atoms. The summed E-state index contributed by atoms with van der Waals surface area (Å²) in [6.45, 7) is 0.991. The van der Waals surface area contributed by atoms with E-state index < -0.39 is 6.10 Å². The number of methoxy groups -OCH3 is 2. The Morgan fingerprint density at radius 3 is 2.76 bits per heavy atom. The minimum atomic E-state index is -0.430. The molecule has 0 bridgehead atoms. The van der Waals surface area contributed by atoms with Gasteiger partial charge in [0.25, 0.3) is 0 Å². The van der Waals surface area contributed by atoms with Crippen LogP contribution in [0.3, 0.4) is 0 Å². The summed E-state index contributed by atoms with van der Waals surface area (Å²) in [4.78, 5) is 12.8. The number of carbonyl (C=O) groups is 1. The van der Waals surface area contributed by atoms with E-state index in [0.29, 0.717) is 23.9 Å². The lowest BCUT2D eigenvalue weighted by molar-refractivity contribution is 0.0304. The van der Waals surface area contributed by atoms with E-state index in [0.717, 1.165) is 25.7 Å². The average molecular weight is 315 g/mol. The zero-order valence-electron chi connectivity index (χ0n) is 12.7. The molecule has 0 N–H and O–H groups in total. The molecular weight excluding hydrogens is 292 g/mol. The third-order valence-corrected chi connectivity index (χ3v) is 4.40. The fourth-order valence-electron chi connectivity index (χ4n) is 3.04. The van der Waals surface area contributed by atoms with E-state index in [4.69, 9.17) is 21.1 Å². The van der Waals surface area contributed by atoms with Gasteiger partial charge in [0.05, 0.1) is 24.4 Å². The minimum absolute atomic E-state index is 0.0667. The zero-order valence-corrected chi connectivity index (χ0v) is 13.4. The van der Waals surface area contributed by atoms with Gasteiger partial charge in [-0.15, -0.1) is 0 Å². The van der Waals surface area contributed by atoms with Crippen LogP contribution in [0.25, 0.3) is 0 Å². The van der Waals surface area contributed by atoms with Gasteiger partial charge in [-0.1, -0.05) is 30.9 Å². The summed E-state index contributed by atoms with van der Waals surface area (Å²) >= 11 is 6.16. The summed E-state index contributed by atoms with van der Waals surface area (Å²) in [6, 6.07) is 0. The fourth-order valence-corrected chi connectivity index (χ4v) is 3.27. The maximum Gasteiger partial charge on any atom is 0.211 e. The summed E-state index contributed by atoms with van der Waals surface area (Å²) in [7, 11) is 3.22. The van der Waals surface area contributed by atoms with E-state index in [1.165, 1.54) is 12.6 Å². The first-order valence-corrected chi connectivity index (χ1v) is 7.84. The van der Waals surface area contributed by atoms with E-state index in [1.54, 1.807) is 18.9 Å². The van der Waals surface area contributed by atoms with E-state index in [2.05, 4.69) is 5.10 Å². The summed E-state index contributed by atoms with van der Waals surface area (Å²) in [5.41, 5.74) is 0.436. The Balaban J connectivity index is 2.18. The topological polar surface area (TPSA) is 53.4 Å². The normalized spacial score (nSPS) is 17.9. The summed E-state index contributed by atoms with van der Waals surface area (Å²) in [5, 5.41) is 4.55. The summed E-state index contributed by atoms with van der Waals surface area (Å²) in [5.74, 6) is 0.209. The van der Waals surface area contributed by atoms with Crippen molar-refractivity contribution < 1.29 is 14.3 Å². The number of halogens is 1. The molecule has 1 aliphatic carbocycles. The average Bonchev–Trinajstić information content (AvgIpc) is 2.87. The van der Waals surface area contributed by atoms with Crippen molar-refractivity contribution in [3.8, 4) is 0 Å². The first kappa shape index (κ1) is 16.5. The van der Waals surface area contributed by atoms with E-state index in [9.17, 15) is 4.79 Å². The Morgan fingerprint density at radius 2 is 2.14 bits per heavy atom. The first-order chi connectivity index (χ1) is 10.2. The van der Waals surface area contributed by atoms with Crippen LogP contribution in [-0.4, -0.2) is 42.5 Å². The summed E-state index contributed by atoms with van der Waals surface area (Å²) < 4.78 is 12.2. The van der Waals surface area contributed by atoms with Crippen LogP contribution in [-0.2, 0) is 16.0 Å². The SMILES string of the molecule is COCCn1ncc(Cl)c1C(=O)C(OC)C1CCCCC1. The van der Waals surface area contributed by atoms with Gasteiger partial charge in [0.2, 0.25) is 5.78 Å². The monoisotopic (exact) mass is 314 g/mol. The predicted octanol–water partition coefficient (Wildman–Crippen LogP) is 2.96. The Hall–Kier alpha value is -0.910. The molecule has 1 aliphatic rings. The third kappa shape index (κ3) is 3.84. The molecular formula is C15H23ClN2O3. The minimum Gasteiger partial charge on any atom is -0.383 e. The van der Waals surface area contributed by atoms with Crippen molar-refractivity contribution in [1.82, 2.24) is 9.78 Å². The molecule has 1 atom stereocenters. The quantitative estimate of drug-likeness (QED) is 0.726. The molecule has 1 fully saturated rings. The first-order valence-electron chi connectivity index (χ1n) is 7.46. The highest BCUT2D eigenvalue weighted by atomic mass is 35.5. The third-order valence-electron chi connectivity index (χ3n) is 4.13. The number of aromatic nitrogens is 2. The molecule has 0 amide bonds. The lowest BCUT2D eigenvalue weighted by Crippen LogP contribution is -2.34. The molecule has 1 saturated carbocycles. The molecule has 1 aromatic heterocycles. The standard InChI is InChI=1S/C15H23ClN2O3/c1-20-9-8-18-13(12(16)10-17-18)14(19)15(21-2)11-6-4-3-5-7-11/h10-11,15H,3-9H2,1-2H3. The van der Waals surface area contributed by atoms with Crippen molar-refractivity contribution in [2.75, 3.05) is 20.8 Å². The van der Waals surface area contributed by atoms with Gasteiger partial charge in [0.15, 0.2) is 0 Å². The second kappa shape index (κ2) is 7.92. The van der Waals surface area contributed by atoms with Gasteiger partial charge >= 0.3 is 0 Å². The predicted molar refractivity (Wildman–Crippen MR) is 80.8 cm³/mol. The smallest absolute Gasteiger partial charge is 0.211 e. The number of hydrogen-bond acceptors (Lipinski definition) is 4. The van der Waals surface area contributed by atoms with Crippen molar-refractivity contribution in [3.63, 3.8) is 0 Å². The molecule has 118 valence electrons. The molecule has 0 aliphatic heterocycles. The molecule has 0 aromatic carbocycles. The van der Waals surface area contributed by atoms with Gasteiger partial charge in [0.1, 0.15) is 11.8 Å². The van der Waals surface area contributed by atoms with Gasteiger partial charge < -0.3 is 9.47 Å². The molecule has 5 nitrogen and oxygen atoms in total. The van der Waals surface area contributed by atoms with E-state index in [1.807, 2.05) is 0 Å². The van der Waals surface area contributed by atoms with Crippen molar-refractivity contribution >= 4 is 17.4 Å². The number of ketones is 1. The van der Waals surface area contributed by atoms with Gasteiger partial charge in [0, 0.05) is 14.2 Å². The zero-order chi connectivity index (χ0) is 15.2. The van der Waals surface area contributed by atoms with Crippen LogP contribution in [0.5, 0.6) is 0 Å². The summed E-state index contributed by atoms with van der Waals surface area (Å²) in [6.07, 6.45) is 6.72. The van der Waals surface area contributed by atoms with Crippen molar-refractivity contribution in [3.05, 3.63) is 16.9 Å². The number of ether oxygens (including phenoxy) is 2. The number of rotatable bonds is 7. The maximum atomic E-state index is 12.8. The molecule has 1 aromatic rings. The van der Waals surface area contributed by atoms with Crippen LogP contribution >= 0.6 is 11.6 Å². The van der Waals surface area contributed by atoms with Crippen molar-refractivity contribution in [1.29, 1.82) is 0 Å². The molecule has 1 heterocycles. The number of hydrogen-bond donors (Lipinski definition) is 0. The molecule has 6 heteroatoms. The Bertz CT molecular complexity index is 469. The Morgan fingerprint density at radius 1 is 1.43 bits per heavy atom. The van der Waals surface area contributed by atoms with Gasteiger partial charge in [-0.2, -0.15) is 5.10 Å². The van der Waals surface area contributed by atoms with E-state index >= 15 is 0 Å². The Kier molecular flexibility index (Phi) is 6.21. The van der Waals surface area contributed by atoms with Crippen molar-refractivity contribution in [2.24, 2.45) is 5.92 Å². The van der Waals surface area contributed by atoms with Crippen LogP contribution in [0, 0.1) is 5.92 Å². The molecule has 0 radical (unpaired) electrons. The molecule has 21 heavy (non-hydrogen) atoms. The van der Waals surface area contributed by atoms with Crippen LogP contribution in [0.4, 0.5) is 0 Å². The second-order valence-electron chi connectivity index (χ2n) is 5.48. The molecule has 0 saturated heterocycles. The number of carbonyl (C=O) groups excluding carboxylic acids is 1.